The second-order valence-corrected chi connectivity index (χ2v) is 4.40. The zero-order chi connectivity index (χ0) is 13.2. The van der Waals surface area contributed by atoms with Crippen molar-refractivity contribution >= 4 is 0 Å². The van der Waals surface area contributed by atoms with E-state index in [4.69, 9.17) is 14.0 Å². The zero-order valence-electron chi connectivity index (χ0n) is 10.5. The zero-order valence-corrected chi connectivity index (χ0v) is 10.5. The molecule has 0 saturated carbocycles. The van der Waals surface area contributed by atoms with Crippen molar-refractivity contribution < 1.29 is 19.1 Å². The molecule has 0 spiro atoms. The average molecular weight is 262 g/mol. The van der Waals surface area contributed by atoms with E-state index >= 15 is 0 Å². The highest BCUT2D eigenvalue weighted by molar-refractivity contribution is 5.59. The predicted octanol–water partition coefficient (Wildman–Crippen LogP) is 1.95. The van der Waals surface area contributed by atoms with Gasteiger partial charge >= 0.3 is 0 Å². The molecule has 1 aromatic carbocycles. The predicted molar refractivity (Wildman–Crippen MR) is 66.1 cm³/mol. The number of rotatable bonds is 3. The van der Waals surface area contributed by atoms with Gasteiger partial charge in [0.1, 0.15) is 0 Å². The normalized spacial score (nSPS) is 18.7. The molecule has 1 fully saturated rings. The second-order valence-electron chi connectivity index (χ2n) is 4.40. The number of nitrogens with zero attached hydrogens (tertiary/aromatic N) is 2. The van der Waals surface area contributed by atoms with Gasteiger partial charge in [0.25, 0.3) is 5.89 Å². The van der Waals surface area contributed by atoms with E-state index in [-0.39, 0.29) is 11.7 Å². The molecule has 1 aliphatic heterocycles. The van der Waals surface area contributed by atoms with Gasteiger partial charge in [0.15, 0.2) is 17.3 Å². The largest absolute Gasteiger partial charge is 0.504 e. The lowest BCUT2D eigenvalue weighted by atomic mass is 10.1. The second kappa shape index (κ2) is 4.89. The molecule has 3 rings (SSSR count). The molecule has 2 heterocycles. The van der Waals surface area contributed by atoms with Crippen molar-refractivity contribution in [2.45, 2.75) is 12.3 Å². The van der Waals surface area contributed by atoms with Crippen LogP contribution in [0.2, 0.25) is 0 Å². The van der Waals surface area contributed by atoms with Gasteiger partial charge in [-0.2, -0.15) is 4.98 Å². The van der Waals surface area contributed by atoms with Gasteiger partial charge in [-0.15, -0.1) is 0 Å². The van der Waals surface area contributed by atoms with Gasteiger partial charge < -0.3 is 19.1 Å². The fraction of sp³-hybridized carbons (Fsp3) is 0.385. The van der Waals surface area contributed by atoms with E-state index in [2.05, 4.69) is 10.1 Å². The Morgan fingerprint density at radius 3 is 3.00 bits per heavy atom. The van der Waals surface area contributed by atoms with Crippen LogP contribution in [0.1, 0.15) is 18.2 Å². The van der Waals surface area contributed by atoms with Crippen molar-refractivity contribution in [1.82, 2.24) is 10.1 Å². The van der Waals surface area contributed by atoms with Crippen LogP contribution in [0.25, 0.3) is 11.5 Å². The molecule has 0 aliphatic carbocycles. The Bertz CT molecular complexity index is 576. The van der Waals surface area contributed by atoms with Crippen molar-refractivity contribution in [3.8, 4) is 23.0 Å². The lowest BCUT2D eigenvalue weighted by molar-refractivity contribution is 0.192. The molecule has 1 N–H and O–H groups in total. The molecule has 6 nitrogen and oxygen atoms in total. The smallest absolute Gasteiger partial charge is 0.258 e. The average Bonchev–Trinajstić information content (AvgIpc) is 3.09. The minimum Gasteiger partial charge on any atom is -0.504 e. The Kier molecular flexibility index (Phi) is 3.08. The minimum absolute atomic E-state index is 0.0453. The Balaban J connectivity index is 1.87. The molecule has 1 saturated heterocycles. The van der Waals surface area contributed by atoms with Crippen LogP contribution in [0.4, 0.5) is 0 Å². The number of phenolic OH excluding ortho intramolecular Hbond substituents is 1. The van der Waals surface area contributed by atoms with Crippen LogP contribution in [0, 0.1) is 0 Å². The van der Waals surface area contributed by atoms with Crippen LogP contribution in [-0.2, 0) is 4.74 Å². The summed E-state index contributed by atoms with van der Waals surface area (Å²) >= 11 is 0. The number of phenols is 1. The van der Waals surface area contributed by atoms with Crippen molar-refractivity contribution in [3.05, 3.63) is 24.0 Å². The van der Waals surface area contributed by atoms with Crippen molar-refractivity contribution in [1.29, 1.82) is 0 Å². The molecule has 19 heavy (non-hydrogen) atoms. The number of aromatic hydroxyl groups is 1. The SMILES string of the molecule is COc1ccc(-c2nc([C@H]3CCOC3)no2)cc1O. The number of ether oxygens (including phenoxy) is 2. The van der Waals surface area contributed by atoms with Gasteiger partial charge in [0, 0.05) is 18.1 Å². The van der Waals surface area contributed by atoms with Crippen LogP contribution < -0.4 is 4.74 Å². The fourth-order valence-electron chi connectivity index (χ4n) is 2.08. The van der Waals surface area contributed by atoms with Crippen molar-refractivity contribution in [2.75, 3.05) is 20.3 Å². The topological polar surface area (TPSA) is 77.6 Å². The minimum atomic E-state index is 0.0453. The van der Waals surface area contributed by atoms with Crippen molar-refractivity contribution in [3.63, 3.8) is 0 Å². The summed E-state index contributed by atoms with van der Waals surface area (Å²) in [6.45, 7) is 1.37. The van der Waals surface area contributed by atoms with E-state index in [9.17, 15) is 5.11 Å². The van der Waals surface area contributed by atoms with Gasteiger partial charge in [0.05, 0.1) is 13.7 Å². The monoisotopic (exact) mass is 262 g/mol. The van der Waals surface area contributed by atoms with E-state index in [0.29, 0.717) is 29.6 Å². The molecule has 2 aromatic rings. The first kappa shape index (κ1) is 12.0. The highest BCUT2D eigenvalue weighted by Gasteiger charge is 2.23. The number of benzene rings is 1. The Labute approximate surface area is 110 Å². The van der Waals surface area contributed by atoms with Crippen molar-refractivity contribution in [2.24, 2.45) is 0 Å². The van der Waals surface area contributed by atoms with E-state index in [1.165, 1.54) is 7.11 Å². The molecule has 100 valence electrons. The third-order valence-electron chi connectivity index (χ3n) is 3.16. The van der Waals surface area contributed by atoms with Crippen LogP contribution in [-0.4, -0.2) is 35.6 Å². The van der Waals surface area contributed by atoms with Crippen LogP contribution >= 0.6 is 0 Å². The number of hydrogen-bond acceptors (Lipinski definition) is 6. The molecule has 6 heteroatoms. The summed E-state index contributed by atoms with van der Waals surface area (Å²) in [7, 11) is 1.50. The summed E-state index contributed by atoms with van der Waals surface area (Å²) in [6.07, 6.45) is 0.910. The number of hydrogen-bond donors (Lipinski definition) is 1. The summed E-state index contributed by atoms with van der Waals surface area (Å²) in [6, 6.07) is 4.97. The lowest BCUT2D eigenvalue weighted by Crippen LogP contribution is -1.99. The Morgan fingerprint density at radius 2 is 2.32 bits per heavy atom. The maximum Gasteiger partial charge on any atom is 0.258 e. The molecule has 1 aromatic heterocycles. The van der Waals surface area contributed by atoms with Gasteiger partial charge in [0.2, 0.25) is 0 Å². The van der Waals surface area contributed by atoms with Crippen LogP contribution in [0.15, 0.2) is 22.7 Å². The Morgan fingerprint density at radius 1 is 1.42 bits per heavy atom. The van der Waals surface area contributed by atoms with Gasteiger partial charge in [-0.05, 0) is 24.6 Å². The molecule has 1 aliphatic rings. The number of aromatic nitrogens is 2. The third-order valence-corrected chi connectivity index (χ3v) is 3.16. The summed E-state index contributed by atoms with van der Waals surface area (Å²) < 4.78 is 15.5. The first-order chi connectivity index (χ1) is 9.28. The fourth-order valence-corrected chi connectivity index (χ4v) is 2.08. The molecular formula is C13H14N2O4. The maximum atomic E-state index is 9.74. The van der Waals surface area contributed by atoms with E-state index in [1.54, 1.807) is 18.2 Å². The van der Waals surface area contributed by atoms with Gasteiger partial charge in [-0.3, -0.25) is 0 Å². The van der Waals surface area contributed by atoms with E-state index in [1.807, 2.05) is 0 Å². The highest BCUT2D eigenvalue weighted by atomic mass is 16.5. The third kappa shape index (κ3) is 2.26. The highest BCUT2D eigenvalue weighted by Crippen LogP contribution is 2.31. The van der Waals surface area contributed by atoms with E-state index < -0.39 is 0 Å². The molecule has 0 unspecified atom stereocenters. The lowest BCUT2D eigenvalue weighted by Gasteiger charge is -2.03. The summed E-state index contributed by atoms with van der Waals surface area (Å²) in [5.74, 6) is 1.70. The molecular weight excluding hydrogens is 248 g/mol. The molecule has 0 amide bonds. The first-order valence-electron chi connectivity index (χ1n) is 6.06. The summed E-state index contributed by atoms with van der Waals surface area (Å²) in [4.78, 5) is 4.35. The molecule has 1 atom stereocenters. The maximum absolute atomic E-state index is 9.74. The van der Waals surface area contributed by atoms with Gasteiger partial charge in [-0.25, -0.2) is 0 Å². The standard InChI is InChI=1S/C13H14N2O4/c1-17-11-3-2-8(6-10(11)16)13-14-12(15-19-13)9-4-5-18-7-9/h2-3,6,9,16H,4-5,7H2,1H3/t9-/m0/s1. The quantitative estimate of drug-likeness (QED) is 0.911. The molecule has 0 radical (unpaired) electrons. The van der Waals surface area contributed by atoms with E-state index in [0.717, 1.165) is 13.0 Å². The summed E-state index contributed by atoms with van der Waals surface area (Å²) in [5, 5.41) is 13.7. The summed E-state index contributed by atoms with van der Waals surface area (Å²) in [5.41, 5.74) is 0.663. The number of methoxy groups -OCH3 is 1. The Hall–Kier alpha value is -2.08. The van der Waals surface area contributed by atoms with Gasteiger partial charge in [-0.1, -0.05) is 5.16 Å². The van der Waals surface area contributed by atoms with Crippen LogP contribution in [0.5, 0.6) is 11.5 Å². The van der Waals surface area contributed by atoms with Crippen LogP contribution in [0.3, 0.4) is 0 Å². The molecule has 0 bridgehead atoms. The first-order valence-corrected chi connectivity index (χ1v) is 6.06.